The van der Waals surface area contributed by atoms with Gasteiger partial charge in [0.1, 0.15) is 0 Å². The van der Waals surface area contributed by atoms with Crippen molar-refractivity contribution in [2.75, 3.05) is 28.4 Å². The number of rotatable bonds is 4. The molecule has 0 amide bonds. The fraction of sp³-hybridized carbons (Fsp3) is 1.00. The topological polar surface area (TPSA) is 36.9 Å². The summed E-state index contributed by atoms with van der Waals surface area (Å²) in [7, 11) is 5.82. The second-order valence-corrected chi connectivity index (χ2v) is 1.52. The van der Waals surface area contributed by atoms with Gasteiger partial charge in [-0.1, -0.05) is 0 Å². The van der Waals surface area contributed by atoms with Gasteiger partial charge in [-0.3, -0.25) is 0 Å². The van der Waals surface area contributed by atoms with E-state index in [2.05, 4.69) is 0 Å². The van der Waals surface area contributed by atoms with E-state index >= 15 is 0 Å². The summed E-state index contributed by atoms with van der Waals surface area (Å²) in [6.45, 7) is -1.94. The van der Waals surface area contributed by atoms with E-state index in [4.69, 9.17) is 18.6 Å². The molecule has 0 saturated carbocycles. The zero-order valence-electron chi connectivity index (χ0n) is 7.21. The van der Waals surface area contributed by atoms with Gasteiger partial charge in [-0.05, 0) is 28.4 Å². The van der Waals surface area contributed by atoms with Gasteiger partial charge in [-0.2, -0.15) is 0 Å². The third-order valence-corrected chi connectivity index (χ3v) is 1.15. The van der Waals surface area contributed by atoms with Crippen LogP contribution in [0.4, 0.5) is 0 Å². The SMILES string of the molecule is CO[B-](OC)(OC)OC.[Li+]. The Morgan fingerprint density at radius 2 is 0.900 bits per heavy atom. The van der Waals surface area contributed by atoms with Crippen molar-refractivity contribution >= 4 is 6.96 Å². The fourth-order valence-corrected chi connectivity index (χ4v) is 0.577. The van der Waals surface area contributed by atoms with Crippen molar-refractivity contribution in [3.05, 3.63) is 0 Å². The van der Waals surface area contributed by atoms with E-state index in [0.717, 1.165) is 0 Å². The van der Waals surface area contributed by atoms with Crippen LogP contribution in [0.3, 0.4) is 0 Å². The normalized spacial score (nSPS) is 10.8. The van der Waals surface area contributed by atoms with Crippen molar-refractivity contribution < 1.29 is 37.5 Å². The van der Waals surface area contributed by atoms with Crippen LogP contribution < -0.4 is 18.9 Å². The Labute approximate surface area is 73.4 Å². The van der Waals surface area contributed by atoms with E-state index in [1.165, 1.54) is 28.4 Å². The molecule has 0 unspecified atom stereocenters. The van der Waals surface area contributed by atoms with Crippen LogP contribution in [0.1, 0.15) is 0 Å². The molecule has 6 heteroatoms. The van der Waals surface area contributed by atoms with Crippen molar-refractivity contribution in [1.29, 1.82) is 0 Å². The number of hydrogen-bond donors (Lipinski definition) is 0. The van der Waals surface area contributed by atoms with E-state index in [1.54, 1.807) is 0 Å². The van der Waals surface area contributed by atoms with Crippen LogP contribution in [-0.4, -0.2) is 35.4 Å². The Morgan fingerprint density at radius 3 is 0.900 bits per heavy atom. The first-order chi connectivity index (χ1) is 4.24. The molecule has 0 bridgehead atoms. The van der Waals surface area contributed by atoms with Gasteiger partial charge in [-0.15, -0.1) is 0 Å². The van der Waals surface area contributed by atoms with Crippen LogP contribution >= 0.6 is 0 Å². The van der Waals surface area contributed by atoms with Gasteiger partial charge in [-0.25, -0.2) is 0 Å². The summed E-state index contributed by atoms with van der Waals surface area (Å²) in [5, 5.41) is 0. The minimum Gasteiger partial charge on any atom is -0.521 e. The first kappa shape index (κ1) is 13.1. The molecule has 0 radical (unpaired) electrons. The summed E-state index contributed by atoms with van der Waals surface area (Å²) in [6, 6.07) is 0. The van der Waals surface area contributed by atoms with E-state index in [-0.39, 0.29) is 18.9 Å². The van der Waals surface area contributed by atoms with Crippen LogP contribution in [0.15, 0.2) is 0 Å². The molecular weight excluding hydrogens is 130 g/mol. The van der Waals surface area contributed by atoms with Gasteiger partial charge < -0.3 is 18.6 Å². The molecule has 10 heavy (non-hydrogen) atoms. The Balaban J connectivity index is 0. The van der Waals surface area contributed by atoms with E-state index in [9.17, 15) is 0 Å². The van der Waals surface area contributed by atoms with Crippen molar-refractivity contribution in [2.45, 2.75) is 0 Å². The first-order valence-corrected chi connectivity index (χ1v) is 2.58. The standard InChI is InChI=1S/C4H12BO4.Li/c1-6-5(7-2,8-3)9-4;/h1-4H3;/q-1;+1. The molecule has 0 aliphatic rings. The zero-order valence-corrected chi connectivity index (χ0v) is 7.21. The molecule has 56 valence electrons. The smallest absolute Gasteiger partial charge is 0.521 e. The van der Waals surface area contributed by atoms with Gasteiger partial charge in [0, 0.05) is 0 Å². The molecule has 0 aromatic heterocycles. The van der Waals surface area contributed by atoms with Crippen molar-refractivity contribution in [3.63, 3.8) is 0 Å². The maximum Gasteiger partial charge on any atom is 1.00 e. The third kappa shape index (κ3) is 3.06. The van der Waals surface area contributed by atoms with E-state index in [1.807, 2.05) is 0 Å². The fourth-order valence-electron chi connectivity index (χ4n) is 0.577. The van der Waals surface area contributed by atoms with Crippen molar-refractivity contribution in [1.82, 2.24) is 0 Å². The van der Waals surface area contributed by atoms with Gasteiger partial charge >= 0.3 is 25.8 Å². The summed E-state index contributed by atoms with van der Waals surface area (Å²) < 4.78 is 19.1. The molecule has 0 atom stereocenters. The second kappa shape index (κ2) is 6.23. The maximum absolute atomic E-state index is 4.78. The quantitative estimate of drug-likeness (QED) is 0.392. The Hall–Kier alpha value is 0.502. The van der Waals surface area contributed by atoms with Gasteiger partial charge in [0.2, 0.25) is 0 Å². The molecule has 0 aliphatic carbocycles. The molecule has 0 aromatic rings. The van der Waals surface area contributed by atoms with E-state index in [0.29, 0.717) is 0 Å². The van der Waals surface area contributed by atoms with Crippen LogP contribution in [-0.2, 0) is 18.6 Å². The Kier molecular flexibility index (Phi) is 8.17. The van der Waals surface area contributed by atoms with E-state index < -0.39 is 6.96 Å². The predicted octanol–water partition coefficient (Wildman–Crippen LogP) is -2.99. The molecule has 4 nitrogen and oxygen atoms in total. The maximum atomic E-state index is 4.78. The molecule has 0 N–H and O–H groups in total. The predicted molar refractivity (Wildman–Crippen MR) is 33.8 cm³/mol. The molecule has 0 aliphatic heterocycles. The van der Waals surface area contributed by atoms with Crippen LogP contribution in [0.5, 0.6) is 0 Å². The molecule has 0 rings (SSSR count). The summed E-state index contributed by atoms with van der Waals surface area (Å²) in [5.41, 5.74) is 0. The average Bonchev–Trinajstić information content (AvgIpc) is 1.95. The molecule has 0 aromatic carbocycles. The monoisotopic (exact) mass is 142 g/mol. The molecular formula is C4H12BLiO4. The summed E-state index contributed by atoms with van der Waals surface area (Å²) in [5.74, 6) is 0. The largest absolute Gasteiger partial charge is 1.00 e. The van der Waals surface area contributed by atoms with Gasteiger partial charge in [0.25, 0.3) is 0 Å². The Bertz CT molecular complexity index is 60.1. The third-order valence-electron chi connectivity index (χ3n) is 1.15. The summed E-state index contributed by atoms with van der Waals surface area (Å²) in [6.07, 6.45) is 0. The molecule has 0 fully saturated rings. The second-order valence-electron chi connectivity index (χ2n) is 1.52. The summed E-state index contributed by atoms with van der Waals surface area (Å²) >= 11 is 0. The van der Waals surface area contributed by atoms with Crippen molar-refractivity contribution in [2.24, 2.45) is 0 Å². The molecule has 0 heterocycles. The van der Waals surface area contributed by atoms with Gasteiger partial charge in [0.05, 0.1) is 0 Å². The van der Waals surface area contributed by atoms with Crippen molar-refractivity contribution in [3.8, 4) is 0 Å². The van der Waals surface area contributed by atoms with Crippen LogP contribution in [0, 0.1) is 0 Å². The minimum absolute atomic E-state index is 0. The Morgan fingerprint density at radius 1 is 0.700 bits per heavy atom. The first-order valence-electron chi connectivity index (χ1n) is 2.58. The number of hydrogen-bond acceptors (Lipinski definition) is 4. The zero-order chi connectivity index (χ0) is 7.33. The average molecular weight is 142 g/mol. The minimum atomic E-state index is -1.94. The van der Waals surface area contributed by atoms with Crippen LogP contribution in [0.25, 0.3) is 0 Å². The summed E-state index contributed by atoms with van der Waals surface area (Å²) in [4.78, 5) is 0. The molecule has 0 spiro atoms. The van der Waals surface area contributed by atoms with Crippen LogP contribution in [0.2, 0.25) is 0 Å². The van der Waals surface area contributed by atoms with Gasteiger partial charge in [0.15, 0.2) is 0 Å². The molecule has 0 saturated heterocycles.